The maximum Gasteiger partial charge on any atom is 0.125 e. The van der Waals surface area contributed by atoms with Crippen LogP contribution >= 0.6 is 0 Å². The number of nitrogens with two attached hydrogens (primary N) is 1. The topological polar surface area (TPSA) is 63.8 Å². The van der Waals surface area contributed by atoms with Gasteiger partial charge in [-0.05, 0) is 42.9 Å². The molecule has 0 aliphatic heterocycles. The fourth-order valence-corrected chi connectivity index (χ4v) is 2.80. The number of nitrogens with zero attached hydrogens (tertiary/aromatic N) is 2. The molecule has 0 radical (unpaired) electrons. The molecule has 1 aromatic carbocycles. The first-order chi connectivity index (χ1) is 9.28. The Bertz CT molecular complexity index is 582. The fraction of sp³-hybridized carbons (Fsp3) is 0.333. The van der Waals surface area contributed by atoms with E-state index < -0.39 is 0 Å². The summed E-state index contributed by atoms with van der Waals surface area (Å²) in [6.07, 6.45) is 3.90. The first-order valence-electron chi connectivity index (χ1n) is 6.61. The molecule has 0 saturated heterocycles. The lowest BCUT2D eigenvalue weighted by Gasteiger charge is -2.32. The highest BCUT2D eigenvalue weighted by atomic mass is 15.2. The Morgan fingerprint density at radius 1 is 1.37 bits per heavy atom. The van der Waals surface area contributed by atoms with Crippen LogP contribution in [0.3, 0.4) is 0 Å². The Balaban J connectivity index is 1.76. The van der Waals surface area contributed by atoms with Crippen molar-refractivity contribution in [3.63, 3.8) is 0 Å². The maximum atomic E-state index is 5.69. The second-order valence-electron chi connectivity index (χ2n) is 5.08. The van der Waals surface area contributed by atoms with Crippen LogP contribution < -0.4 is 11.3 Å². The van der Waals surface area contributed by atoms with Gasteiger partial charge in [-0.25, -0.2) is 9.97 Å². The second-order valence-corrected chi connectivity index (χ2v) is 5.08. The number of aryl methyl sites for hydroxylation is 1. The molecule has 1 heterocycles. The number of aromatic nitrogens is 2. The van der Waals surface area contributed by atoms with Gasteiger partial charge in [-0.3, -0.25) is 11.3 Å². The minimum Gasteiger partial charge on any atom is -0.271 e. The molecule has 2 aromatic rings. The highest BCUT2D eigenvalue weighted by molar-refractivity contribution is 5.40. The first kappa shape index (κ1) is 12.3. The van der Waals surface area contributed by atoms with Crippen molar-refractivity contribution in [2.75, 3.05) is 0 Å². The zero-order chi connectivity index (χ0) is 13.2. The van der Waals surface area contributed by atoms with E-state index in [1.54, 1.807) is 6.20 Å². The Morgan fingerprint density at radius 3 is 2.95 bits per heavy atom. The summed E-state index contributed by atoms with van der Waals surface area (Å²) < 4.78 is 0. The molecule has 1 aliphatic carbocycles. The van der Waals surface area contributed by atoms with E-state index in [0.717, 1.165) is 24.4 Å². The Morgan fingerprint density at radius 2 is 2.21 bits per heavy atom. The van der Waals surface area contributed by atoms with Gasteiger partial charge in [-0.1, -0.05) is 24.3 Å². The third-order valence-electron chi connectivity index (χ3n) is 3.84. The van der Waals surface area contributed by atoms with E-state index in [9.17, 15) is 0 Å². The molecule has 0 bridgehead atoms. The first-order valence-corrected chi connectivity index (χ1v) is 6.61. The van der Waals surface area contributed by atoms with Crippen LogP contribution in [0.2, 0.25) is 0 Å². The molecular weight excluding hydrogens is 236 g/mol. The van der Waals surface area contributed by atoms with Crippen LogP contribution in [0, 0.1) is 6.92 Å². The Hall–Kier alpha value is -1.78. The molecular formula is C15H18N4. The molecule has 2 atom stereocenters. The van der Waals surface area contributed by atoms with Gasteiger partial charge in [0.25, 0.3) is 0 Å². The van der Waals surface area contributed by atoms with Crippen molar-refractivity contribution >= 4 is 0 Å². The smallest absolute Gasteiger partial charge is 0.125 e. The third-order valence-corrected chi connectivity index (χ3v) is 3.84. The summed E-state index contributed by atoms with van der Waals surface area (Å²) in [5, 5.41) is 0. The number of nitrogens with one attached hydrogen (secondary N) is 1. The van der Waals surface area contributed by atoms with Gasteiger partial charge in [-0.2, -0.15) is 0 Å². The predicted molar refractivity (Wildman–Crippen MR) is 74.3 cm³/mol. The van der Waals surface area contributed by atoms with Crippen molar-refractivity contribution in [3.05, 3.63) is 59.2 Å². The van der Waals surface area contributed by atoms with Gasteiger partial charge < -0.3 is 0 Å². The lowest BCUT2D eigenvalue weighted by Crippen LogP contribution is -2.32. The molecule has 4 heteroatoms. The summed E-state index contributed by atoms with van der Waals surface area (Å²) in [6.45, 7) is 1.90. The predicted octanol–water partition coefficient (Wildman–Crippen LogP) is 2.02. The Labute approximate surface area is 113 Å². The van der Waals surface area contributed by atoms with Gasteiger partial charge in [0.2, 0.25) is 0 Å². The molecule has 2 unspecified atom stereocenters. The van der Waals surface area contributed by atoms with Crippen molar-refractivity contribution in [2.24, 2.45) is 5.84 Å². The van der Waals surface area contributed by atoms with Gasteiger partial charge in [0, 0.05) is 6.20 Å². The van der Waals surface area contributed by atoms with E-state index in [0.29, 0.717) is 5.92 Å². The monoisotopic (exact) mass is 254 g/mol. The van der Waals surface area contributed by atoms with E-state index in [1.807, 2.05) is 13.0 Å². The van der Waals surface area contributed by atoms with Crippen LogP contribution in [0.15, 0.2) is 36.5 Å². The van der Waals surface area contributed by atoms with Gasteiger partial charge in [0.15, 0.2) is 0 Å². The average molecular weight is 254 g/mol. The van der Waals surface area contributed by atoms with Gasteiger partial charge in [0.05, 0.1) is 11.7 Å². The van der Waals surface area contributed by atoms with Crippen LogP contribution in [0.25, 0.3) is 0 Å². The van der Waals surface area contributed by atoms with E-state index in [2.05, 4.69) is 39.7 Å². The highest BCUT2D eigenvalue weighted by Crippen LogP contribution is 2.40. The van der Waals surface area contributed by atoms with Crippen molar-refractivity contribution in [2.45, 2.75) is 31.7 Å². The standard InChI is InChI=1S/C15H18N4/c1-10-17-7-6-14(18-10)15(19-16)9-12-8-11-4-2-3-5-13(11)12/h2-7,12,15,19H,8-9,16H2,1H3. The van der Waals surface area contributed by atoms with E-state index in [4.69, 9.17) is 5.84 Å². The number of hydrogen-bond donors (Lipinski definition) is 2. The van der Waals surface area contributed by atoms with E-state index >= 15 is 0 Å². The normalized spacial score (nSPS) is 18.5. The third kappa shape index (κ3) is 2.37. The summed E-state index contributed by atoms with van der Waals surface area (Å²) in [6, 6.07) is 10.6. The summed E-state index contributed by atoms with van der Waals surface area (Å²) >= 11 is 0. The van der Waals surface area contributed by atoms with Gasteiger partial charge >= 0.3 is 0 Å². The van der Waals surface area contributed by atoms with Crippen LogP contribution in [0.1, 0.15) is 41.0 Å². The average Bonchev–Trinajstić information content (AvgIpc) is 2.40. The zero-order valence-corrected chi connectivity index (χ0v) is 11.0. The molecule has 98 valence electrons. The molecule has 1 aromatic heterocycles. The fourth-order valence-electron chi connectivity index (χ4n) is 2.80. The summed E-state index contributed by atoms with van der Waals surface area (Å²) in [7, 11) is 0. The van der Waals surface area contributed by atoms with Gasteiger partial charge in [-0.15, -0.1) is 0 Å². The summed E-state index contributed by atoms with van der Waals surface area (Å²) in [4.78, 5) is 8.58. The van der Waals surface area contributed by atoms with Crippen LogP contribution in [-0.2, 0) is 6.42 Å². The van der Waals surface area contributed by atoms with Crippen molar-refractivity contribution in [3.8, 4) is 0 Å². The number of rotatable bonds is 4. The Kier molecular flexibility index (Phi) is 3.27. The lowest BCUT2D eigenvalue weighted by molar-refractivity contribution is 0.427. The number of benzene rings is 1. The van der Waals surface area contributed by atoms with Crippen molar-refractivity contribution in [1.82, 2.24) is 15.4 Å². The van der Waals surface area contributed by atoms with E-state index in [-0.39, 0.29) is 6.04 Å². The molecule has 0 fully saturated rings. The molecule has 3 N–H and O–H groups in total. The number of hydrazine groups is 1. The molecule has 4 nitrogen and oxygen atoms in total. The SMILES string of the molecule is Cc1nccc(C(CC2Cc3ccccc32)NN)n1. The summed E-state index contributed by atoms with van der Waals surface area (Å²) in [5.41, 5.74) is 6.77. The van der Waals surface area contributed by atoms with E-state index in [1.165, 1.54) is 11.1 Å². The number of fused-ring (bicyclic) bond motifs is 1. The minimum absolute atomic E-state index is 0.0834. The highest BCUT2D eigenvalue weighted by Gasteiger charge is 2.28. The van der Waals surface area contributed by atoms with Crippen molar-refractivity contribution < 1.29 is 0 Å². The molecule has 0 saturated carbocycles. The van der Waals surface area contributed by atoms with Crippen LogP contribution in [0.4, 0.5) is 0 Å². The maximum absolute atomic E-state index is 5.69. The molecule has 1 aliphatic rings. The molecule has 0 amide bonds. The van der Waals surface area contributed by atoms with Crippen LogP contribution in [-0.4, -0.2) is 9.97 Å². The molecule has 19 heavy (non-hydrogen) atoms. The quantitative estimate of drug-likeness (QED) is 0.647. The minimum atomic E-state index is 0.0834. The van der Waals surface area contributed by atoms with Gasteiger partial charge in [0.1, 0.15) is 5.82 Å². The molecule has 0 spiro atoms. The number of hydrogen-bond acceptors (Lipinski definition) is 4. The largest absolute Gasteiger partial charge is 0.271 e. The van der Waals surface area contributed by atoms with Crippen LogP contribution in [0.5, 0.6) is 0 Å². The summed E-state index contributed by atoms with van der Waals surface area (Å²) in [5.74, 6) is 7.05. The van der Waals surface area contributed by atoms with Crippen molar-refractivity contribution in [1.29, 1.82) is 0 Å². The second kappa shape index (κ2) is 5.07. The lowest BCUT2D eigenvalue weighted by atomic mass is 9.74. The molecule has 3 rings (SSSR count). The zero-order valence-electron chi connectivity index (χ0n) is 11.0.